The molecule has 1 aromatic carbocycles. The van der Waals surface area contributed by atoms with Gasteiger partial charge in [0, 0.05) is 19.6 Å². The lowest BCUT2D eigenvalue weighted by Gasteiger charge is -2.36. The van der Waals surface area contributed by atoms with Gasteiger partial charge in [-0.3, -0.25) is 4.79 Å². The minimum atomic E-state index is -0.365. The standard InChI is InChI=1S/C14H19FN2O.ClH/c1-17(12-3-2-4-12)14(18)13(9-16)10-5-7-11(15)8-6-10;/h5-8,12-13H,2-4,9,16H2,1H3;1H. The third-order valence-corrected chi connectivity index (χ3v) is 3.78. The molecule has 5 heteroatoms. The van der Waals surface area contributed by atoms with E-state index in [4.69, 9.17) is 5.73 Å². The highest BCUT2D eigenvalue weighted by Gasteiger charge is 2.30. The van der Waals surface area contributed by atoms with Crippen LogP contribution in [0.15, 0.2) is 24.3 Å². The Hall–Kier alpha value is -1.13. The van der Waals surface area contributed by atoms with Crippen LogP contribution in [-0.4, -0.2) is 30.4 Å². The van der Waals surface area contributed by atoms with Crippen molar-refractivity contribution in [1.82, 2.24) is 4.90 Å². The summed E-state index contributed by atoms with van der Waals surface area (Å²) in [4.78, 5) is 14.1. The van der Waals surface area contributed by atoms with Gasteiger partial charge in [-0.15, -0.1) is 12.4 Å². The number of halogens is 2. The molecular formula is C14H20ClFN2O. The zero-order valence-electron chi connectivity index (χ0n) is 11.0. The smallest absolute Gasteiger partial charge is 0.231 e. The Morgan fingerprint density at radius 3 is 2.42 bits per heavy atom. The van der Waals surface area contributed by atoms with E-state index in [1.54, 1.807) is 17.0 Å². The van der Waals surface area contributed by atoms with Crippen LogP contribution in [0.25, 0.3) is 0 Å². The van der Waals surface area contributed by atoms with Crippen molar-refractivity contribution in [3.8, 4) is 0 Å². The average Bonchev–Trinajstić information content (AvgIpc) is 2.30. The summed E-state index contributed by atoms with van der Waals surface area (Å²) in [6.07, 6.45) is 3.33. The lowest BCUT2D eigenvalue weighted by molar-refractivity contribution is -0.134. The minimum Gasteiger partial charge on any atom is -0.342 e. The molecule has 0 spiro atoms. The molecule has 1 aromatic rings. The second-order valence-corrected chi connectivity index (χ2v) is 4.87. The van der Waals surface area contributed by atoms with E-state index in [0.29, 0.717) is 6.04 Å². The second kappa shape index (κ2) is 6.87. The Morgan fingerprint density at radius 2 is 2.00 bits per heavy atom. The summed E-state index contributed by atoms with van der Waals surface area (Å²) in [6, 6.07) is 6.37. The summed E-state index contributed by atoms with van der Waals surface area (Å²) in [5.41, 5.74) is 6.49. The second-order valence-electron chi connectivity index (χ2n) is 4.87. The van der Waals surface area contributed by atoms with E-state index in [0.717, 1.165) is 18.4 Å². The predicted molar refractivity (Wildman–Crippen MR) is 75.9 cm³/mol. The van der Waals surface area contributed by atoms with Gasteiger partial charge in [-0.05, 0) is 37.0 Å². The first-order chi connectivity index (χ1) is 8.63. The molecule has 1 aliphatic rings. The molecule has 1 fully saturated rings. The molecule has 3 nitrogen and oxygen atoms in total. The number of carbonyl (C=O) groups is 1. The number of rotatable bonds is 4. The summed E-state index contributed by atoms with van der Waals surface area (Å²) in [7, 11) is 1.83. The highest BCUT2D eigenvalue weighted by molar-refractivity contribution is 5.85. The third-order valence-electron chi connectivity index (χ3n) is 3.78. The number of hydrogen-bond donors (Lipinski definition) is 1. The van der Waals surface area contributed by atoms with Crippen molar-refractivity contribution in [3.05, 3.63) is 35.6 Å². The zero-order valence-corrected chi connectivity index (χ0v) is 11.8. The fourth-order valence-corrected chi connectivity index (χ4v) is 2.27. The lowest BCUT2D eigenvalue weighted by Crippen LogP contribution is -2.44. The summed E-state index contributed by atoms with van der Waals surface area (Å²) >= 11 is 0. The first kappa shape index (κ1) is 15.9. The van der Waals surface area contributed by atoms with Gasteiger partial charge in [-0.25, -0.2) is 4.39 Å². The molecule has 19 heavy (non-hydrogen) atoms. The molecule has 0 aliphatic heterocycles. The topological polar surface area (TPSA) is 46.3 Å². The molecule has 0 heterocycles. The van der Waals surface area contributed by atoms with Gasteiger partial charge in [-0.1, -0.05) is 12.1 Å². The Bertz CT molecular complexity index is 420. The van der Waals surface area contributed by atoms with Gasteiger partial charge < -0.3 is 10.6 Å². The van der Waals surface area contributed by atoms with Gasteiger partial charge in [0.1, 0.15) is 5.82 Å². The molecule has 1 aliphatic carbocycles. The van der Waals surface area contributed by atoms with E-state index in [1.807, 2.05) is 7.05 Å². The number of benzene rings is 1. The molecule has 106 valence electrons. The summed E-state index contributed by atoms with van der Waals surface area (Å²) < 4.78 is 12.9. The Balaban J connectivity index is 0.00000180. The van der Waals surface area contributed by atoms with E-state index >= 15 is 0 Å². The fraction of sp³-hybridized carbons (Fsp3) is 0.500. The predicted octanol–water partition coefficient (Wildman–Crippen LogP) is 2.30. The number of likely N-dealkylation sites (N-methyl/N-ethyl adjacent to an activating group) is 1. The number of carbonyl (C=O) groups excluding carboxylic acids is 1. The monoisotopic (exact) mass is 286 g/mol. The van der Waals surface area contributed by atoms with Gasteiger partial charge in [0.25, 0.3) is 0 Å². The maximum Gasteiger partial charge on any atom is 0.231 e. The number of hydrogen-bond acceptors (Lipinski definition) is 2. The van der Waals surface area contributed by atoms with Gasteiger partial charge in [-0.2, -0.15) is 0 Å². The van der Waals surface area contributed by atoms with E-state index in [2.05, 4.69) is 0 Å². The van der Waals surface area contributed by atoms with Gasteiger partial charge in [0.2, 0.25) is 5.91 Å². The molecular weight excluding hydrogens is 267 g/mol. The number of nitrogens with zero attached hydrogens (tertiary/aromatic N) is 1. The first-order valence-corrected chi connectivity index (χ1v) is 6.35. The van der Waals surface area contributed by atoms with Crippen molar-refractivity contribution < 1.29 is 9.18 Å². The van der Waals surface area contributed by atoms with Crippen LogP contribution in [0, 0.1) is 5.82 Å². The van der Waals surface area contributed by atoms with Crippen LogP contribution in [-0.2, 0) is 4.79 Å². The molecule has 1 unspecified atom stereocenters. The normalized spacial score (nSPS) is 16.2. The maximum atomic E-state index is 12.9. The Morgan fingerprint density at radius 1 is 1.42 bits per heavy atom. The molecule has 2 rings (SSSR count). The van der Waals surface area contributed by atoms with Crippen LogP contribution in [0.1, 0.15) is 30.7 Å². The van der Waals surface area contributed by atoms with E-state index in [-0.39, 0.29) is 36.6 Å². The van der Waals surface area contributed by atoms with Crippen LogP contribution < -0.4 is 5.73 Å². The van der Waals surface area contributed by atoms with E-state index in [1.165, 1.54) is 18.6 Å². The highest BCUT2D eigenvalue weighted by atomic mass is 35.5. The lowest BCUT2D eigenvalue weighted by atomic mass is 9.89. The van der Waals surface area contributed by atoms with Crippen LogP contribution in [0.3, 0.4) is 0 Å². The van der Waals surface area contributed by atoms with Crippen LogP contribution in [0.4, 0.5) is 4.39 Å². The molecule has 0 bridgehead atoms. The Kier molecular flexibility index (Phi) is 5.76. The summed E-state index contributed by atoms with van der Waals surface area (Å²) in [5.74, 6) is -0.626. The van der Waals surface area contributed by atoms with Gasteiger partial charge >= 0.3 is 0 Å². The summed E-state index contributed by atoms with van der Waals surface area (Å²) in [5, 5.41) is 0. The average molecular weight is 287 g/mol. The quantitative estimate of drug-likeness (QED) is 0.923. The van der Waals surface area contributed by atoms with Crippen molar-refractivity contribution in [2.75, 3.05) is 13.6 Å². The van der Waals surface area contributed by atoms with Crippen LogP contribution in [0.2, 0.25) is 0 Å². The van der Waals surface area contributed by atoms with Crippen LogP contribution in [0.5, 0.6) is 0 Å². The third kappa shape index (κ3) is 3.45. The maximum absolute atomic E-state index is 12.9. The van der Waals surface area contributed by atoms with Crippen molar-refractivity contribution in [2.45, 2.75) is 31.2 Å². The van der Waals surface area contributed by atoms with E-state index < -0.39 is 0 Å². The van der Waals surface area contributed by atoms with Crippen molar-refractivity contribution in [3.63, 3.8) is 0 Å². The number of amides is 1. The molecule has 0 saturated heterocycles. The van der Waals surface area contributed by atoms with Crippen LogP contribution >= 0.6 is 12.4 Å². The van der Waals surface area contributed by atoms with Gasteiger partial charge in [0.15, 0.2) is 0 Å². The van der Waals surface area contributed by atoms with Gasteiger partial charge in [0.05, 0.1) is 5.92 Å². The summed E-state index contributed by atoms with van der Waals surface area (Å²) in [6.45, 7) is 0.252. The van der Waals surface area contributed by atoms with Crippen molar-refractivity contribution >= 4 is 18.3 Å². The highest BCUT2D eigenvalue weighted by Crippen LogP contribution is 2.27. The molecule has 2 N–H and O–H groups in total. The molecule has 1 saturated carbocycles. The molecule has 1 amide bonds. The largest absolute Gasteiger partial charge is 0.342 e. The zero-order chi connectivity index (χ0) is 13.1. The number of nitrogens with two attached hydrogens (primary N) is 1. The molecule has 0 radical (unpaired) electrons. The molecule has 0 aromatic heterocycles. The SMILES string of the molecule is CN(C(=O)C(CN)c1ccc(F)cc1)C1CCC1.Cl. The van der Waals surface area contributed by atoms with Crippen molar-refractivity contribution in [2.24, 2.45) is 5.73 Å². The van der Waals surface area contributed by atoms with E-state index in [9.17, 15) is 9.18 Å². The first-order valence-electron chi connectivity index (χ1n) is 6.35. The fourth-order valence-electron chi connectivity index (χ4n) is 2.27. The Labute approximate surface area is 119 Å². The van der Waals surface area contributed by atoms with Crippen molar-refractivity contribution in [1.29, 1.82) is 0 Å². The molecule has 1 atom stereocenters. The minimum absolute atomic E-state index is 0.